The minimum absolute atomic E-state index is 0. The van der Waals surface area contributed by atoms with E-state index in [1.807, 2.05) is 0 Å². The van der Waals surface area contributed by atoms with Crippen molar-refractivity contribution in [2.75, 3.05) is 0 Å². The van der Waals surface area contributed by atoms with Gasteiger partial charge in [-0.1, -0.05) is 0 Å². The van der Waals surface area contributed by atoms with Crippen LogP contribution in [0, 0.1) is 7.11 Å². The van der Waals surface area contributed by atoms with E-state index in [-0.39, 0.29) is 63.2 Å². The first kappa shape index (κ1) is 27.9. The van der Waals surface area contributed by atoms with Gasteiger partial charge in [-0.05, 0) is 0 Å². The van der Waals surface area contributed by atoms with Gasteiger partial charge in [-0.2, -0.15) is 0 Å². The van der Waals surface area contributed by atoms with E-state index in [1.165, 1.54) is 0 Å². The SMILES string of the molecule is [CH2-]O.[W].[W].[W]. The molecular formula is CH3OW3-. The van der Waals surface area contributed by atoms with Crippen LogP contribution in [0.25, 0.3) is 0 Å². The minimum Gasteiger partial charge on any atom is -0.569 e. The van der Waals surface area contributed by atoms with E-state index in [1.54, 1.807) is 0 Å². The molecule has 1 nitrogen and oxygen atoms in total. The van der Waals surface area contributed by atoms with Crippen LogP contribution in [0.4, 0.5) is 0 Å². The number of aliphatic hydroxyl groups excluding tert-OH is 1. The summed E-state index contributed by atoms with van der Waals surface area (Å²) in [5.74, 6) is 0. The van der Waals surface area contributed by atoms with E-state index in [0.717, 1.165) is 0 Å². The van der Waals surface area contributed by atoms with Crippen molar-refractivity contribution in [3.8, 4) is 0 Å². The molecule has 0 aromatic heterocycles. The second-order valence-corrected chi connectivity index (χ2v) is 0. The van der Waals surface area contributed by atoms with Gasteiger partial charge in [-0.15, -0.1) is 0 Å². The van der Waals surface area contributed by atoms with Crippen LogP contribution < -0.4 is 0 Å². The maximum Gasteiger partial charge on any atom is 0 e. The smallest absolute Gasteiger partial charge is 0 e. The molecule has 32 valence electrons. The molecule has 0 heterocycles. The first-order chi connectivity index (χ1) is 1.00. The summed E-state index contributed by atoms with van der Waals surface area (Å²) in [6.07, 6.45) is 0. The van der Waals surface area contributed by atoms with Gasteiger partial charge in [0.05, 0.1) is 0 Å². The van der Waals surface area contributed by atoms with Gasteiger partial charge < -0.3 is 5.11 Å². The Hall–Kier alpha value is 2.02. The predicted molar refractivity (Wildman–Crippen MR) is 7.29 cm³/mol. The molecular weight excluding hydrogens is 580 g/mol. The molecule has 0 atom stereocenters. The molecule has 1 N–H and O–H groups in total. The molecule has 0 aromatic carbocycles. The van der Waals surface area contributed by atoms with Crippen molar-refractivity contribution in [2.45, 2.75) is 0 Å². The third-order valence-corrected chi connectivity index (χ3v) is 0. The summed E-state index contributed by atoms with van der Waals surface area (Å²) < 4.78 is 0. The van der Waals surface area contributed by atoms with Gasteiger partial charge in [-0.25, -0.2) is 7.11 Å². The summed E-state index contributed by atoms with van der Waals surface area (Å²) in [6, 6.07) is 0. The zero-order valence-corrected chi connectivity index (χ0v) is 11.2. The van der Waals surface area contributed by atoms with Crippen molar-refractivity contribution >= 4 is 0 Å². The van der Waals surface area contributed by atoms with Crippen LogP contribution in [0.1, 0.15) is 0 Å². The number of aliphatic hydroxyl groups is 1. The molecule has 0 spiro atoms. The predicted octanol–water partition coefficient (Wildman–Crippen LogP) is 0.143. The Morgan fingerprint density at radius 3 is 0.800 bits per heavy atom. The number of hydrogen-bond acceptors (Lipinski definition) is 1. The van der Waals surface area contributed by atoms with Crippen LogP contribution in [0.2, 0.25) is 0 Å². The Morgan fingerprint density at radius 1 is 0.800 bits per heavy atom. The molecule has 0 aromatic rings. The number of hydrogen-bond donors (Lipinski definition) is 1. The third-order valence-electron chi connectivity index (χ3n) is 0. The second kappa shape index (κ2) is 37.1. The number of rotatable bonds is 0. The Bertz CT molecular complexity index is 6.85. The zero-order chi connectivity index (χ0) is 2.00. The topological polar surface area (TPSA) is 20.2 Å². The molecule has 0 radical (unpaired) electrons. The van der Waals surface area contributed by atoms with E-state index in [2.05, 4.69) is 7.11 Å². The summed E-state index contributed by atoms with van der Waals surface area (Å²) >= 11 is 0. The Balaban J connectivity index is -0.00000000167. The van der Waals surface area contributed by atoms with Crippen molar-refractivity contribution in [2.24, 2.45) is 0 Å². The maximum atomic E-state index is 6.75. The van der Waals surface area contributed by atoms with Crippen LogP contribution in [-0.4, -0.2) is 5.11 Å². The van der Waals surface area contributed by atoms with Crippen molar-refractivity contribution in [1.29, 1.82) is 0 Å². The molecule has 0 aliphatic rings. The van der Waals surface area contributed by atoms with Crippen molar-refractivity contribution in [3.05, 3.63) is 7.11 Å². The van der Waals surface area contributed by atoms with Crippen molar-refractivity contribution in [3.63, 3.8) is 0 Å². The fourth-order valence-electron chi connectivity index (χ4n) is 0. The molecule has 0 saturated heterocycles. The minimum atomic E-state index is 0. The van der Waals surface area contributed by atoms with Gasteiger partial charge in [0, 0.05) is 63.2 Å². The fraction of sp³-hybridized carbons (Fsp3) is 0. The average Bonchev–Trinajstić information content (AvgIpc) is 1.00. The molecule has 0 bridgehead atoms. The molecule has 0 fully saturated rings. The standard InChI is InChI=1S/CH3O.3W/c1-2;;;/h2H,1H2;;;/q-1;;;. The second-order valence-electron chi connectivity index (χ2n) is 0. The van der Waals surface area contributed by atoms with E-state index < -0.39 is 0 Å². The van der Waals surface area contributed by atoms with E-state index in [0.29, 0.717) is 0 Å². The Morgan fingerprint density at radius 2 is 0.800 bits per heavy atom. The van der Waals surface area contributed by atoms with Crippen LogP contribution in [0.5, 0.6) is 0 Å². The van der Waals surface area contributed by atoms with Gasteiger partial charge in [-0.3, -0.25) is 0 Å². The van der Waals surface area contributed by atoms with E-state index >= 15 is 0 Å². The molecule has 0 aliphatic carbocycles. The van der Waals surface area contributed by atoms with Crippen LogP contribution in [0.3, 0.4) is 0 Å². The Kier molecular flexibility index (Phi) is 207. The van der Waals surface area contributed by atoms with Crippen LogP contribution >= 0.6 is 0 Å². The van der Waals surface area contributed by atoms with Crippen molar-refractivity contribution in [1.82, 2.24) is 0 Å². The fourth-order valence-corrected chi connectivity index (χ4v) is 0. The van der Waals surface area contributed by atoms with Gasteiger partial charge in [0.1, 0.15) is 0 Å². The van der Waals surface area contributed by atoms with Crippen LogP contribution in [-0.2, 0) is 63.2 Å². The quantitative estimate of drug-likeness (QED) is 0.404. The largest absolute Gasteiger partial charge is 0.569 e. The summed E-state index contributed by atoms with van der Waals surface area (Å²) in [5, 5.41) is 6.75. The van der Waals surface area contributed by atoms with Crippen molar-refractivity contribution < 1.29 is 68.3 Å². The summed E-state index contributed by atoms with van der Waals surface area (Å²) in [4.78, 5) is 0. The van der Waals surface area contributed by atoms with E-state index in [4.69, 9.17) is 5.11 Å². The molecule has 5 heavy (non-hydrogen) atoms. The van der Waals surface area contributed by atoms with Gasteiger partial charge in [0.25, 0.3) is 0 Å². The van der Waals surface area contributed by atoms with Gasteiger partial charge in [0.15, 0.2) is 0 Å². The summed E-state index contributed by atoms with van der Waals surface area (Å²) in [7, 11) is 2.25. The van der Waals surface area contributed by atoms with Gasteiger partial charge >= 0.3 is 0 Å². The molecule has 0 unspecified atom stereocenters. The monoisotopic (exact) mass is 583 g/mol. The average molecular weight is 583 g/mol. The summed E-state index contributed by atoms with van der Waals surface area (Å²) in [6.45, 7) is 0. The first-order valence-electron chi connectivity index (χ1n) is 0.316. The molecule has 0 rings (SSSR count). The zero-order valence-electron chi connectivity index (χ0n) is 2.38. The van der Waals surface area contributed by atoms with Gasteiger partial charge in [0.2, 0.25) is 0 Å². The molecule has 0 aliphatic heterocycles. The first-order valence-corrected chi connectivity index (χ1v) is 0.316. The normalized spacial score (nSPS) is 1.20. The van der Waals surface area contributed by atoms with Crippen LogP contribution in [0.15, 0.2) is 0 Å². The molecule has 0 saturated carbocycles. The maximum absolute atomic E-state index is 6.75. The van der Waals surface area contributed by atoms with E-state index in [9.17, 15) is 0 Å². The Labute approximate surface area is 74.7 Å². The molecule has 0 amide bonds. The third kappa shape index (κ3) is 23.8. The molecule has 4 heteroatoms. The summed E-state index contributed by atoms with van der Waals surface area (Å²) in [5.41, 5.74) is 0.